The van der Waals surface area contributed by atoms with Crippen LogP contribution in [0.5, 0.6) is 5.75 Å². The van der Waals surface area contributed by atoms with Crippen LogP contribution in [0.1, 0.15) is 56.7 Å². The zero-order valence-corrected chi connectivity index (χ0v) is 22.6. The highest BCUT2D eigenvalue weighted by Gasteiger charge is 2.45. The first-order valence-corrected chi connectivity index (χ1v) is 12.8. The lowest BCUT2D eigenvalue weighted by molar-refractivity contribution is -0.155. The standard InChI is InChI=1S/C28H34F3N3O6/c1-26(2,3)40-23(36)13-14-27(25(37)34-32-17-19-5-9-21(10-6-19)28(29,30)31)18-39-24(33-27)20-7-11-22(12-8-20)38-16-4-15-35/h5-12,32,35H,4,13-18H2,1-3H3,(H,34,37)/t27-/m0/s1. The van der Waals surface area contributed by atoms with Crippen LogP contribution in [0.15, 0.2) is 53.5 Å². The fraction of sp³-hybridized carbons (Fsp3) is 0.464. The molecule has 9 nitrogen and oxygen atoms in total. The van der Waals surface area contributed by atoms with Crippen LogP contribution in [0.3, 0.4) is 0 Å². The Morgan fingerprint density at radius 1 is 1.07 bits per heavy atom. The molecule has 1 atom stereocenters. The number of aliphatic hydroxyl groups is 1. The highest BCUT2D eigenvalue weighted by atomic mass is 19.4. The van der Waals surface area contributed by atoms with Gasteiger partial charge in [-0.2, -0.15) is 13.2 Å². The first kappa shape index (κ1) is 30.9. The Labute approximate surface area is 230 Å². The van der Waals surface area contributed by atoms with Gasteiger partial charge in [-0.1, -0.05) is 12.1 Å². The number of hydrazine groups is 1. The Kier molecular flexibility index (Phi) is 10.2. The van der Waals surface area contributed by atoms with E-state index < -0.39 is 34.8 Å². The largest absolute Gasteiger partial charge is 0.494 e. The molecule has 218 valence electrons. The Hall–Kier alpha value is -3.64. The number of hydrogen-bond donors (Lipinski definition) is 3. The molecule has 0 saturated carbocycles. The van der Waals surface area contributed by atoms with Crippen LogP contribution in [0.4, 0.5) is 13.2 Å². The Balaban J connectivity index is 1.71. The summed E-state index contributed by atoms with van der Waals surface area (Å²) >= 11 is 0. The summed E-state index contributed by atoms with van der Waals surface area (Å²) in [5.74, 6) is -0.256. The van der Waals surface area contributed by atoms with Gasteiger partial charge < -0.3 is 19.3 Å². The molecule has 0 fully saturated rings. The Bertz CT molecular complexity index is 1180. The molecular weight excluding hydrogens is 531 g/mol. The van der Waals surface area contributed by atoms with Crippen molar-refractivity contribution in [3.63, 3.8) is 0 Å². The summed E-state index contributed by atoms with van der Waals surface area (Å²) in [5.41, 5.74) is 3.47. The molecule has 0 bridgehead atoms. The van der Waals surface area contributed by atoms with E-state index in [-0.39, 0.29) is 38.5 Å². The number of alkyl halides is 3. The molecule has 2 aromatic rings. The summed E-state index contributed by atoms with van der Waals surface area (Å²) in [6.07, 6.45) is -4.03. The normalized spacial score (nSPS) is 17.1. The van der Waals surface area contributed by atoms with Crippen LogP contribution >= 0.6 is 0 Å². The van der Waals surface area contributed by atoms with E-state index in [1.54, 1.807) is 45.0 Å². The lowest BCUT2D eigenvalue weighted by Gasteiger charge is -2.24. The lowest BCUT2D eigenvalue weighted by atomic mass is 9.94. The van der Waals surface area contributed by atoms with Gasteiger partial charge in [0.05, 0.1) is 12.2 Å². The van der Waals surface area contributed by atoms with Crippen LogP contribution in [-0.2, 0) is 31.8 Å². The molecule has 3 rings (SSSR count). The molecule has 40 heavy (non-hydrogen) atoms. The van der Waals surface area contributed by atoms with Crippen molar-refractivity contribution in [2.45, 2.75) is 63.9 Å². The number of carbonyl (C=O) groups excluding carboxylic acids is 2. The molecule has 0 unspecified atom stereocenters. The average Bonchev–Trinajstić information content (AvgIpc) is 3.33. The summed E-state index contributed by atoms with van der Waals surface area (Å²) < 4.78 is 55.1. The minimum absolute atomic E-state index is 0.00155. The summed E-state index contributed by atoms with van der Waals surface area (Å²) in [6.45, 7) is 5.53. The molecule has 1 aliphatic heterocycles. The van der Waals surface area contributed by atoms with E-state index in [9.17, 15) is 22.8 Å². The number of esters is 1. The van der Waals surface area contributed by atoms with Crippen molar-refractivity contribution in [2.75, 3.05) is 19.8 Å². The Morgan fingerprint density at radius 2 is 1.75 bits per heavy atom. The lowest BCUT2D eigenvalue weighted by Crippen LogP contribution is -2.51. The van der Waals surface area contributed by atoms with E-state index in [0.717, 1.165) is 12.1 Å². The van der Waals surface area contributed by atoms with Crippen LogP contribution < -0.4 is 15.6 Å². The zero-order valence-electron chi connectivity index (χ0n) is 22.6. The quantitative estimate of drug-likeness (QED) is 0.203. The average molecular weight is 566 g/mol. The molecule has 1 aliphatic rings. The number of hydrogen-bond acceptors (Lipinski definition) is 8. The highest BCUT2D eigenvalue weighted by Crippen LogP contribution is 2.30. The van der Waals surface area contributed by atoms with Gasteiger partial charge in [-0.05, 0) is 69.2 Å². The maximum atomic E-state index is 13.3. The number of ether oxygens (including phenoxy) is 3. The van der Waals surface area contributed by atoms with E-state index in [1.807, 2.05) is 0 Å². The first-order valence-electron chi connectivity index (χ1n) is 12.8. The van der Waals surface area contributed by atoms with E-state index in [4.69, 9.17) is 19.3 Å². The van der Waals surface area contributed by atoms with E-state index >= 15 is 0 Å². The van der Waals surface area contributed by atoms with Gasteiger partial charge in [-0.3, -0.25) is 15.0 Å². The second-order valence-electron chi connectivity index (χ2n) is 10.3. The minimum Gasteiger partial charge on any atom is -0.494 e. The van der Waals surface area contributed by atoms with Crippen molar-refractivity contribution >= 4 is 17.8 Å². The highest BCUT2D eigenvalue weighted by molar-refractivity contribution is 6.00. The fourth-order valence-electron chi connectivity index (χ4n) is 3.76. The van der Waals surface area contributed by atoms with Crippen LogP contribution in [0.2, 0.25) is 0 Å². The van der Waals surface area contributed by atoms with Crippen LogP contribution in [-0.4, -0.2) is 53.8 Å². The van der Waals surface area contributed by atoms with Gasteiger partial charge in [0.15, 0.2) is 5.54 Å². The van der Waals surface area contributed by atoms with Crippen molar-refractivity contribution in [1.82, 2.24) is 10.9 Å². The molecule has 0 spiro atoms. The molecule has 3 N–H and O–H groups in total. The van der Waals surface area contributed by atoms with Crippen LogP contribution in [0.25, 0.3) is 0 Å². The van der Waals surface area contributed by atoms with Gasteiger partial charge >= 0.3 is 12.1 Å². The molecule has 1 amide bonds. The number of carbonyl (C=O) groups is 2. The number of aliphatic hydroxyl groups excluding tert-OH is 1. The number of nitrogens with one attached hydrogen (secondary N) is 2. The second-order valence-corrected chi connectivity index (χ2v) is 10.3. The summed E-state index contributed by atoms with van der Waals surface area (Å²) in [5, 5.41) is 8.89. The van der Waals surface area contributed by atoms with Crippen LogP contribution in [0, 0.1) is 0 Å². The molecule has 2 aromatic carbocycles. The zero-order chi connectivity index (χ0) is 29.4. The monoisotopic (exact) mass is 565 g/mol. The third-order valence-corrected chi connectivity index (χ3v) is 5.80. The third-order valence-electron chi connectivity index (χ3n) is 5.80. The van der Waals surface area contributed by atoms with Gasteiger partial charge in [0.25, 0.3) is 5.91 Å². The van der Waals surface area contributed by atoms with E-state index in [2.05, 4.69) is 15.8 Å². The number of halogens is 3. The van der Waals surface area contributed by atoms with Crippen molar-refractivity contribution in [1.29, 1.82) is 0 Å². The second kappa shape index (κ2) is 13.1. The van der Waals surface area contributed by atoms with Crippen molar-refractivity contribution in [3.05, 3.63) is 65.2 Å². The van der Waals surface area contributed by atoms with Gasteiger partial charge in [0, 0.05) is 31.6 Å². The topological polar surface area (TPSA) is 118 Å². The molecule has 0 radical (unpaired) electrons. The van der Waals surface area contributed by atoms with Gasteiger partial charge in [0.1, 0.15) is 18.0 Å². The number of benzene rings is 2. The van der Waals surface area contributed by atoms with Gasteiger partial charge in [0.2, 0.25) is 5.90 Å². The summed E-state index contributed by atoms with van der Waals surface area (Å²) in [7, 11) is 0. The smallest absolute Gasteiger partial charge is 0.416 e. The predicted octanol–water partition coefficient (Wildman–Crippen LogP) is 3.93. The van der Waals surface area contributed by atoms with Gasteiger partial charge in [-0.15, -0.1) is 0 Å². The van der Waals surface area contributed by atoms with E-state index in [0.29, 0.717) is 29.9 Å². The molecule has 12 heteroatoms. The van der Waals surface area contributed by atoms with E-state index in [1.165, 1.54) is 12.1 Å². The Morgan fingerprint density at radius 3 is 2.35 bits per heavy atom. The number of amides is 1. The van der Waals surface area contributed by atoms with Crippen molar-refractivity contribution in [2.24, 2.45) is 4.99 Å². The molecular formula is C28H34F3N3O6. The summed E-state index contributed by atoms with van der Waals surface area (Å²) in [6, 6.07) is 11.4. The number of nitrogens with zero attached hydrogens (tertiary/aromatic N) is 1. The maximum Gasteiger partial charge on any atom is 0.416 e. The predicted molar refractivity (Wildman–Crippen MR) is 140 cm³/mol. The third kappa shape index (κ3) is 8.95. The minimum atomic E-state index is -4.44. The number of rotatable bonds is 12. The molecule has 0 aliphatic carbocycles. The maximum absolute atomic E-state index is 13.3. The van der Waals surface area contributed by atoms with Gasteiger partial charge in [-0.25, -0.2) is 10.4 Å². The molecule has 0 aromatic heterocycles. The SMILES string of the molecule is CC(C)(C)OC(=O)CC[C@@]1(C(=O)NNCc2ccc(C(F)(F)F)cc2)COC(c2ccc(OCCCO)cc2)=N1. The van der Waals surface area contributed by atoms with Crippen molar-refractivity contribution < 1.29 is 42.1 Å². The summed E-state index contributed by atoms with van der Waals surface area (Å²) in [4.78, 5) is 30.3. The van der Waals surface area contributed by atoms with Crippen molar-refractivity contribution in [3.8, 4) is 5.75 Å². The molecule has 0 saturated heterocycles. The fourth-order valence-corrected chi connectivity index (χ4v) is 3.76. The first-order chi connectivity index (χ1) is 18.8. The molecule has 1 heterocycles. The number of aliphatic imine (C=N–C) groups is 1.